The summed E-state index contributed by atoms with van der Waals surface area (Å²) in [5.74, 6) is 0.954. The van der Waals surface area contributed by atoms with Crippen molar-refractivity contribution in [2.75, 3.05) is 19.7 Å². The normalized spacial score (nSPS) is 14.1. The molecule has 1 unspecified atom stereocenters. The number of hydrogen-bond donors (Lipinski definition) is 3. The van der Waals surface area contributed by atoms with Crippen molar-refractivity contribution in [1.82, 2.24) is 10.6 Å². The zero-order chi connectivity index (χ0) is 19.7. The number of nitrogens with zero attached hydrogens (tertiary/aromatic N) is 1. The molecule has 0 spiro atoms. The van der Waals surface area contributed by atoms with Gasteiger partial charge in [-0.1, -0.05) is 18.2 Å². The lowest BCUT2D eigenvalue weighted by molar-refractivity contribution is 0.0655. The lowest BCUT2D eigenvalue weighted by Crippen LogP contribution is -2.44. The summed E-state index contributed by atoms with van der Waals surface area (Å²) in [6, 6.07) is 10.7. The van der Waals surface area contributed by atoms with Crippen LogP contribution >= 0.6 is 11.3 Å². The van der Waals surface area contributed by atoms with Gasteiger partial charge in [-0.15, -0.1) is 11.3 Å². The van der Waals surface area contributed by atoms with Crippen molar-refractivity contribution in [1.29, 1.82) is 0 Å². The number of guanidine groups is 1. The number of aliphatic imine (C=N–C) groups is 1. The van der Waals surface area contributed by atoms with Crippen LogP contribution in [0.1, 0.15) is 24.3 Å². The minimum Gasteiger partial charge on any atom is -0.488 e. The highest BCUT2D eigenvalue weighted by Crippen LogP contribution is 2.24. The summed E-state index contributed by atoms with van der Waals surface area (Å²) >= 11 is 1.50. The predicted octanol–water partition coefficient (Wildman–Crippen LogP) is 3.35. The van der Waals surface area contributed by atoms with E-state index in [4.69, 9.17) is 4.74 Å². The van der Waals surface area contributed by atoms with Gasteiger partial charge in [-0.05, 0) is 43.0 Å². The fourth-order valence-electron chi connectivity index (χ4n) is 2.33. The molecule has 2 rings (SSSR count). The summed E-state index contributed by atoms with van der Waals surface area (Å²) in [4.78, 5) is 5.36. The van der Waals surface area contributed by atoms with E-state index < -0.39 is 18.6 Å². The minimum atomic E-state index is -2.51. The summed E-state index contributed by atoms with van der Waals surface area (Å²) in [5, 5.41) is 18.8. The highest BCUT2D eigenvalue weighted by atomic mass is 32.1. The molecular weight excluding hydrogens is 372 g/mol. The average Bonchev–Trinajstić information content (AvgIpc) is 3.18. The number of thiophene rings is 1. The Bertz CT molecular complexity index is 722. The van der Waals surface area contributed by atoms with E-state index in [-0.39, 0.29) is 0 Å². The number of halogens is 2. The topological polar surface area (TPSA) is 65.9 Å². The Morgan fingerprint density at radius 2 is 2.11 bits per heavy atom. The molecule has 1 heterocycles. The van der Waals surface area contributed by atoms with Crippen LogP contribution in [0.25, 0.3) is 0 Å². The molecule has 5 nitrogen and oxygen atoms in total. The SMILES string of the molecule is CCNC(=NCc1cccc(OCC(F)F)c1)NCC(C)(O)c1cccs1. The molecule has 0 bridgehead atoms. The largest absolute Gasteiger partial charge is 0.488 e. The number of nitrogens with one attached hydrogen (secondary N) is 2. The first-order chi connectivity index (χ1) is 12.9. The maximum Gasteiger partial charge on any atom is 0.272 e. The van der Waals surface area contributed by atoms with E-state index in [1.807, 2.05) is 30.5 Å². The molecule has 0 amide bonds. The summed E-state index contributed by atoms with van der Waals surface area (Å²) in [7, 11) is 0. The highest BCUT2D eigenvalue weighted by Gasteiger charge is 2.24. The van der Waals surface area contributed by atoms with Crippen LogP contribution in [0.3, 0.4) is 0 Å². The molecule has 0 radical (unpaired) electrons. The fraction of sp³-hybridized carbons (Fsp3) is 0.421. The van der Waals surface area contributed by atoms with Crippen molar-refractivity contribution in [2.45, 2.75) is 32.4 Å². The standard InChI is InChI=1S/C19H25F2N3O2S/c1-3-22-18(24-13-19(2,25)16-8-5-9-27-16)23-11-14-6-4-7-15(10-14)26-12-17(20)21/h4-10,17,25H,3,11-13H2,1-2H3,(H2,22,23,24). The molecule has 2 aromatic rings. The van der Waals surface area contributed by atoms with Crippen LogP contribution in [0.5, 0.6) is 5.75 Å². The van der Waals surface area contributed by atoms with Gasteiger partial charge in [-0.25, -0.2) is 13.8 Å². The van der Waals surface area contributed by atoms with Crippen molar-refractivity contribution in [3.8, 4) is 5.75 Å². The molecule has 148 valence electrons. The maximum atomic E-state index is 12.3. The van der Waals surface area contributed by atoms with Gasteiger partial charge in [0.25, 0.3) is 6.43 Å². The van der Waals surface area contributed by atoms with Gasteiger partial charge in [0, 0.05) is 11.4 Å². The van der Waals surface area contributed by atoms with Crippen molar-refractivity contribution in [3.05, 3.63) is 52.2 Å². The van der Waals surface area contributed by atoms with Gasteiger partial charge >= 0.3 is 0 Å². The molecular formula is C19H25F2N3O2S. The molecule has 0 saturated heterocycles. The van der Waals surface area contributed by atoms with Gasteiger partial charge in [0.1, 0.15) is 18.0 Å². The minimum absolute atomic E-state index is 0.302. The van der Waals surface area contributed by atoms with Crippen molar-refractivity contribution < 1.29 is 18.6 Å². The summed E-state index contributed by atoms with van der Waals surface area (Å²) in [5.41, 5.74) is -0.170. The number of rotatable bonds is 9. The molecule has 0 aliphatic heterocycles. The monoisotopic (exact) mass is 397 g/mol. The van der Waals surface area contributed by atoms with Crippen LogP contribution in [-0.4, -0.2) is 37.2 Å². The van der Waals surface area contributed by atoms with E-state index in [9.17, 15) is 13.9 Å². The second-order valence-electron chi connectivity index (χ2n) is 6.15. The van der Waals surface area contributed by atoms with Gasteiger partial charge in [0.15, 0.2) is 5.96 Å². The smallest absolute Gasteiger partial charge is 0.272 e. The van der Waals surface area contributed by atoms with Crippen molar-refractivity contribution in [2.24, 2.45) is 4.99 Å². The van der Waals surface area contributed by atoms with Crippen LogP contribution < -0.4 is 15.4 Å². The molecule has 8 heteroatoms. The molecule has 3 N–H and O–H groups in total. The molecule has 0 aliphatic carbocycles. The second-order valence-corrected chi connectivity index (χ2v) is 7.10. The van der Waals surface area contributed by atoms with E-state index in [1.54, 1.807) is 25.1 Å². The lowest BCUT2D eigenvalue weighted by atomic mass is 10.1. The number of aliphatic hydroxyl groups is 1. The van der Waals surface area contributed by atoms with Crippen LogP contribution in [0.4, 0.5) is 8.78 Å². The molecule has 0 saturated carbocycles. The summed E-state index contributed by atoms with van der Waals surface area (Å²) in [6.45, 7) is 4.39. The van der Waals surface area contributed by atoms with Gasteiger partial charge in [0.2, 0.25) is 0 Å². The molecule has 27 heavy (non-hydrogen) atoms. The molecule has 1 aromatic heterocycles. The first-order valence-corrected chi connectivity index (χ1v) is 9.57. The first kappa shape index (κ1) is 21.1. The number of benzene rings is 1. The quantitative estimate of drug-likeness (QED) is 0.448. The average molecular weight is 397 g/mol. The Balaban J connectivity index is 1.97. The number of ether oxygens (including phenoxy) is 1. The Labute approximate surface area is 162 Å². The Kier molecular flexibility index (Phi) is 7.99. The summed E-state index contributed by atoms with van der Waals surface area (Å²) < 4.78 is 29.6. The molecule has 0 aliphatic rings. The van der Waals surface area contributed by atoms with Gasteiger partial charge in [-0.3, -0.25) is 0 Å². The van der Waals surface area contributed by atoms with E-state index in [0.717, 1.165) is 10.4 Å². The third-order valence-electron chi connectivity index (χ3n) is 3.69. The number of alkyl halides is 2. The molecule has 1 aromatic carbocycles. The third-order valence-corrected chi connectivity index (χ3v) is 4.81. The molecule has 1 atom stereocenters. The Hall–Kier alpha value is -2.19. The molecule has 0 fully saturated rings. The number of hydrogen-bond acceptors (Lipinski definition) is 4. The van der Waals surface area contributed by atoms with E-state index >= 15 is 0 Å². The lowest BCUT2D eigenvalue weighted by Gasteiger charge is -2.23. The fourth-order valence-corrected chi connectivity index (χ4v) is 3.12. The van der Waals surface area contributed by atoms with Crippen LogP contribution in [0.2, 0.25) is 0 Å². The van der Waals surface area contributed by atoms with Crippen molar-refractivity contribution in [3.63, 3.8) is 0 Å². The first-order valence-electron chi connectivity index (χ1n) is 8.69. The van der Waals surface area contributed by atoms with Crippen LogP contribution in [-0.2, 0) is 12.1 Å². The zero-order valence-corrected chi connectivity index (χ0v) is 16.2. The van der Waals surface area contributed by atoms with Crippen LogP contribution in [0, 0.1) is 0 Å². The third kappa shape index (κ3) is 7.15. The Morgan fingerprint density at radius 3 is 2.78 bits per heavy atom. The zero-order valence-electron chi connectivity index (χ0n) is 15.4. The van der Waals surface area contributed by atoms with Gasteiger partial charge in [-0.2, -0.15) is 0 Å². The van der Waals surface area contributed by atoms with Crippen molar-refractivity contribution >= 4 is 17.3 Å². The van der Waals surface area contributed by atoms with E-state index in [1.165, 1.54) is 11.3 Å². The maximum absolute atomic E-state index is 12.3. The van der Waals surface area contributed by atoms with E-state index in [0.29, 0.717) is 31.3 Å². The highest BCUT2D eigenvalue weighted by molar-refractivity contribution is 7.10. The Morgan fingerprint density at radius 1 is 1.30 bits per heavy atom. The van der Waals surface area contributed by atoms with Gasteiger partial charge in [0.05, 0.1) is 13.1 Å². The van der Waals surface area contributed by atoms with E-state index in [2.05, 4.69) is 15.6 Å². The van der Waals surface area contributed by atoms with Crippen LogP contribution in [0.15, 0.2) is 46.8 Å². The predicted molar refractivity (Wildman–Crippen MR) is 105 cm³/mol. The van der Waals surface area contributed by atoms with Gasteiger partial charge < -0.3 is 20.5 Å². The second kappa shape index (κ2) is 10.2. The summed E-state index contributed by atoms with van der Waals surface area (Å²) in [6.07, 6.45) is -2.51.